The van der Waals surface area contributed by atoms with Crippen LogP contribution in [0.15, 0.2) is 24.5 Å². The Labute approximate surface area is 240 Å². The maximum Gasteiger partial charge on any atom is 0.321 e. The Hall–Kier alpha value is -3.66. The molecule has 1 saturated heterocycles. The lowest BCUT2D eigenvalue weighted by Crippen LogP contribution is -2.47. The summed E-state index contributed by atoms with van der Waals surface area (Å²) in [6.45, 7) is 6.19. The van der Waals surface area contributed by atoms with E-state index in [9.17, 15) is 14.4 Å². The maximum absolute atomic E-state index is 13.7. The predicted molar refractivity (Wildman–Crippen MR) is 153 cm³/mol. The van der Waals surface area contributed by atoms with Crippen LogP contribution < -0.4 is 4.74 Å². The summed E-state index contributed by atoms with van der Waals surface area (Å²) < 4.78 is 13.8. The third kappa shape index (κ3) is 6.48. The lowest BCUT2D eigenvalue weighted by Gasteiger charge is -2.27. The lowest BCUT2D eigenvalue weighted by atomic mass is 10.0. The topological polar surface area (TPSA) is 117 Å². The molecule has 2 bridgehead atoms. The van der Waals surface area contributed by atoms with Gasteiger partial charge in [0.2, 0.25) is 5.91 Å². The standard InChI is InChI=1S/C31H39N5O5/c1-4-25(38)30-26-12-13-35(30)27(39)19-36-29-22(11-9-7-5-6-8-10-14-40-26)15-23(16-24(29)28(34-36)21(3)37)41-31-32-17-20(2)18-33-31/h15-18,26,30H,4-14,19H2,1-3H3/t26-,30-/m1/s1. The summed E-state index contributed by atoms with van der Waals surface area (Å²) in [5, 5.41) is 5.27. The predicted octanol–water partition coefficient (Wildman–Crippen LogP) is 4.99. The highest BCUT2D eigenvalue weighted by atomic mass is 16.5. The molecule has 10 heteroatoms. The highest BCUT2D eigenvalue weighted by molar-refractivity contribution is 6.06. The van der Waals surface area contributed by atoms with Crippen LogP contribution in [0.5, 0.6) is 11.8 Å². The molecule has 2 aliphatic heterocycles. The number of hydrogen-bond acceptors (Lipinski definition) is 8. The van der Waals surface area contributed by atoms with E-state index in [0.717, 1.165) is 61.6 Å². The van der Waals surface area contributed by atoms with Gasteiger partial charge in [0.05, 0.1) is 11.6 Å². The number of aryl methyl sites for hydroxylation is 2. The summed E-state index contributed by atoms with van der Waals surface area (Å²) in [6, 6.07) is 3.34. The quantitative estimate of drug-likeness (QED) is 0.400. The first kappa shape index (κ1) is 28.9. The summed E-state index contributed by atoms with van der Waals surface area (Å²) in [6.07, 6.45) is 11.1. The highest BCUT2D eigenvalue weighted by Crippen LogP contribution is 2.32. The van der Waals surface area contributed by atoms with Crippen molar-refractivity contribution in [1.82, 2.24) is 24.6 Å². The van der Waals surface area contributed by atoms with E-state index in [4.69, 9.17) is 9.47 Å². The molecule has 0 N–H and O–H groups in total. The summed E-state index contributed by atoms with van der Waals surface area (Å²) in [7, 11) is 0. The number of ether oxygens (including phenoxy) is 2. The average molecular weight is 562 g/mol. The molecule has 2 aliphatic rings. The average Bonchev–Trinajstić information content (AvgIpc) is 3.54. The molecule has 1 amide bonds. The van der Waals surface area contributed by atoms with Crippen molar-refractivity contribution in [1.29, 1.82) is 0 Å². The van der Waals surface area contributed by atoms with Crippen LogP contribution >= 0.6 is 0 Å². The van der Waals surface area contributed by atoms with E-state index >= 15 is 0 Å². The Morgan fingerprint density at radius 2 is 1.80 bits per heavy atom. The van der Waals surface area contributed by atoms with Crippen LogP contribution in [0.2, 0.25) is 0 Å². The van der Waals surface area contributed by atoms with Gasteiger partial charge < -0.3 is 14.4 Å². The van der Waals surface area contributed by atoms with Crippen LogP contribution in [0, 0.1) is 6.92 Å². The largest absolute Gasteiger partial charge is 0.424 e. The van der Waals surface area contributed by atoms with Gasteiger partial charge in [-0.2, -0.15) is 5.10 Å². The zero-order chi connectivity index (χ0) is 28.9. The molecular formula is C31H39N5O5. The van der Waals surface area contributed by atoms with Gasteiger partial charge in [-0.15, -0.1) is 0 Å². The Morgan fingerprint density at radius 3 is 2.54 bits per heavy atom. The Bertz CT molecular complexity index is 1420. The minimum Gasteiger partial charge on any atom is -0.424 e. The van der Waals surface area contributed by atoms with Crippen LogP contribution in [-0.4, -0.2) is 67.4 Å². The molecule has 2 aromatic heterocycles. The molecule has 1 fully saturated rings. The number of Topliss-reactive ketones (excluding diaryl/α,β-unsaturated/α-hetero) is 2. The van der Waals surface area contributed by atoms with Gasteiger partial charge in [-0.05, 0) is 55.9 Å². The molecule has 218 valence electrons. The lowest BCUT2D eigenvalue weighted by molar-refractivity contribution is -0.141. The summed E-state index contributed by atoms with van der Waals surface area (Å²) in [4.78, 5) is 49.6. The maximum atomic E-state index is 13.7. The molecule has 0 saturated carbocycles. The van der Waals surface area contributed by atoms with Crippen molar-refractivity contribution in [2.24, 2.45) is 0 Å². The van der Waals surface area contributed by atoms with Gasteiger partial charge in [-0.25, -0.2) is 9.97 Å². The monoisotopic (exact) mass is 561 g/mol. The molecule has 0 aliphatic carbocycles. The molecular weight excluding hydrogens is 522 g/mol. The number of carbonyl (C=O) groups is 3. The van der Waals surface area contributed by atoms with Gasteiger partial charge in [0.1, 0.15) is 24.0 Å². The smallest absolute Gasteiger partial charge is 0.321 e. The highest BCUT2D eigenvalue weighted by Gasteiger charge is 2.41. The number of rotatable bonds is 5. The van der Waals surface area contributed by atoms with Crippen LogP contribution in [0.25, 0.3) is 10.9 Å². The van der Waals surface area contributed by atoms with Gasteiger partial charge in [-0.1, -0.05) is 32.6 Å². The van der Waals surface area contributed by atoms with Crippen LogP contribution in [-0.2, 0) is 27.3 Å². The fourth-order valence-corrected chi connectivity index (χ4v) is 5.92. The van der Waals surface area contributed by atoms with Gasteiger partial charge in [0, 0.05) is 44.3 Å². The van der Waals surface area contributed by atoms with E-state index in [1.54, 1.807) is 28.0 Å². The number of ketones is 2. The van der Waals surface area contributed by atoms with Gasteiger partial charge in [-0.3, -0.25) is 19.1 Å². The fourth-order valence-electron chi connectivity index (χ4n) is 5.92. The molecule has 2 atom stereocenters. The zero-order valence-electron chi connectivity index (χ0n) is 24.2. The van der Waals surface area contributed by atoms with Gasteiger partial charge in [0.15, 0.2) is 11.6 Å². The van der Waals surface area contributed by atoms with Gasteiger partial charge >= 0.3 is 6.01 Å². The molecule has 4 heterocycles. The summed E-state index contributed by atoms with van der Waals surface area (Å²) >= 11 is 0. The first-order valence-corrected chi connectivity index (χ1v) is 14.8. The van der Waals surface area contributed by atoms with Crippen molar-refractivity contribution in [2.45, 2.75) is 97.2 Å². The van der Waals surface area contributed by atoms with Crippen molar-refractivity contribution in [3.63, 3.8) is 0 Å². The SMILES string of the molecule is CCC(=O)[C@@H]1[C@H]2CCN1C(=O)Cn1nc(C(C)=O)c3cc(Oc4ncc(C)cn4)cc(c31)CCCCCCCCO2. The molecule has 0 unspecified atom stereocenters. The molecule has 10 nitrogen and oxygen atoms in total. The van der Waals surface area contributed by atoms with E-state index in [1.807, 2.05) is 19.9 Å². The Morgan fingerprint density at radius 1 is 1.07 bits per heavy atom. The fraction of sp³-hybridized carbons (Fsp3) is 0.548. The van der Waals surface area contributed by atoms with Crippen LogP contribution in [0.4, 0.5) is 0 Å². The number of aromatic nitrogens is 4. The van der Waals surface area contributed by atoms with Crippen LogP contribution in [0.3, 0.4) is 0 Å². The number of fused-ring (bicyclic) bond motifs is 2. The molecule has 0 radical (unpaired) electrons. The van der Waals surface area contributed by atoms with Crippen molar-refractivity contribution in [3.05, 3.63) is 41.3 Å². The third-order valence-corrected chi connectivity index (χ3v) is 7.99. The molecule has 41 heavy (non-hydrogen) atoms. The second-order valence-corrected chi connectivity index (χ2v) is 11.1. The van der Waals surface area contributed by atoms with Gasteiger partial charge in [0.25, 0.3) is 0 Å². The first-order valence-electron chi connectivity index (χ1n) is 14.8. The molecule has 3 aromatic rings. The molecule has 1 aromatic carbocycles. The number of carbonyl (C=O) groups excluding carboxylic acids is 3. The third-order valence-electron chi connectivity index (χ3n) is 7.99. The number of hydrogen-bond donors (Lipinski definition) is 0. The minimum absolute atomic E-state index is 0.00863. The first-order chi connectivity index (χ1) is 19.9. The van der Waals surface area contributed by atoms with E-state index in [0.29, 0.717) is 37.1 Å². The Balaban J connectivity index is 1.55. The second kappa shape index (κ2) is 12.9. The van der Waals surface area contributed by atoms with E-state index < -0.39 is 6.04 Å². The van der Waals surface area contributed by atoms with Crippen LogP contribution in [0.1, 0.15) is 86.8 Å². The molecule has 5 rings (SSSR count). The molecule has 0 spiro atoms. The number of amides is 1. The van der Waals surface area contributed by atoms with E-state index in [2.05, 4.69) is 15.1 Å². The number of nitrogens with zero attached hydrogens (tertiary/aromatic N) is 5. The summed E-state index contributed by atoms with van der Waals surface area (Å²) in [5.74, 6) is 0.121. The van der Waals surface area contributed by atoms with E-state index in [1.165, 1.54) is 6.92 Å². The minimum atomic E-state index is -0.591. The Kier molecular flexibility index (Phi) is 9.07. The van der Waals surface area contributed by atoms with Crippen molar-refractivity contribution < 1.29 is 23.9 Å². The van der Waals surface area contributed by atoms with E-state index in [-0.39, 0.29) is 41.8 Å². The van der Waals surface area contributed by atoms with Crippen molar-refractivity contribution in [3.8, 4) is 11.8 Å². The second-order valence-electron chi connectivity index (χ2n) is 11.1. The zero-order valence-corrected chi connectivity index (χ0v) is 24.2. The van der Waals surface area contributed by atoms with Crippen molar-refractivity contribution >= 4 is 28.4 Å². The number of benzene rings is 1. The normalized spacial score (nSPS) is 20.7. The van der Waals surface area contributed by atoms with Crippen molar-refractivity contribution in [2.75, 3.05) is 13.2 Å². The summed E-state index contributed by atoms with van der Waals surface area (Å²) in [5.41, 5.74) is 2.90.